The van der Waals surface area contributed by atoms with Crippen LogP contribution in [0.1, 0.15) is 22.6 Å². The minimum atomic E-state index is -0.342. The number of likely N-dealkylation sites (tertiary alicyclic amines) is 1. The minimum absolute atomic E-state index is 0.0159. The van der Waals surface area contributed by atoms with E-state index in [1.807, 2.05) is 0 Å². The van der Waals surface area contributed by atoms with Crippen molar-refractivity contribution in [3.8, 4) is 28.1 Å². The normalized spacial score (nSPS) is 21.7. The van der Waals surface area contributed by atoms with Gasteiger partial charge in [0.05, 0.1) is 23.2 Å². The van der Waals surface area contributed by atoms with Crippen LogP contribution in [-0.4, -0.2) is 39.4 Å². The van der Waals surface area contributed by atoms with Crippen molar-refractivity contribution >= 4 is 17.2 Å². The maximum atomic E-state index is 13.2. The van der Waals surface area contributed by atoms with Crippen molar-refractivity contribution in [3.05, 3.63) is 59.7 Å². The SMILES string of the molecule is N#CN1CC2CCC1[C@@H]2NC(=O)c1ncc(-c2ccncc2Oc2ccc(F)cc2)s1. The number of thiazole rings is 1. The summed E-state index contributed by atoms with van der Waals surface area (Å²) < 4.78 is 19.0. The van der Waals surface area contributed by atoms with Crippen LogP contribution in [0.5, 0.6) is 11.5 Å². The second-order valence-electron chi connectivity index (χ2n) is 7.61. The number of nitrogens with zero attached hydrogens (tertiary/aromatic N) is 4. The average Bonchev–Trinajstić information content (AvgIpc) is 3.51. The smallest absolute Gasteiger partial charge is 0.280 e. The fourth-order valence-corrected chi connectivity index (χ4v) is 5.19. The molecule has 2 aliphatic rings. The molecule has 1 N–H and O–H groups in total. The van der Waals surface area contributed by atoms with Crippen LogP contribution in [0.4, 0.5) is 4.39 Å². The number of nitrogens with one attached hydrogen (secondary N) is 1. The zero-order valence-corrected chi connectivity index (χ0v) is 17.2. The number of hydrogen-bond donors (Lipinski definition) is 1. The molecule has 1 aliphatic heterocycles. The third kappa shape index (κ3) is 3.70. The van der Waals surface area contributed by atoms with E-state index < -0.39 is 0 Å². The molecule has 1 aromatic carbocycles. The summed E-state index contributed by atoms with van der Waals surface area (Å²) in [5.74, 6) is 0.711. The maximum absolute atomic E-state index is 13.2. The van der Waals surface area contributed by atoms with Gasteiger partial charge in [-0.05, 0) is 49.1 Å². The number of pyridine rings is 1. The molecule has 7 nitrogen and oxygen atoms in total. The standard InChI is InChI=1S/C22H18FN5O2S/c23-14-2-4-15(5-3-14)30-18-9-25-8-7-16(18)19-10-26-22(31-19)21(29)27-20-13-1-6-17(20)28(11-13)12-24/h2-5,7-10,13,17,20H,1,6,11H2,(H,27,29)/t13?,17?,20-/m1/s1. The first-order valence-corrected chi connectivity index (χ1v) is 10.7. The van der Waals surface area contributed by atoms with Gasteiger partial charge in [0.1, 0.15) is 11.6 Å². The lowest BCUT2D eigenvalue weighted by molar-refractivity contribution is 0.0929. The Hall–Kier alpha value is -3.51. The van der Waals surface area contributed by atoms with Crippen LogP contribution in [0.2, 0.25) is 0 Å². The highest BCUT2D eigenvalue weighted by Gasteiger charge is 2.47. The first kappa shape index (κ1) is 19.5. The van der Waals surface area contributed by atoms with E-state index in [1.54, 1.807) is 29.6 Å². The molecule has 3 aromatic rings. The summed E-state index contributed by atoms with van der Waals surface area (Å²) in [5.41, 5.74) is 0.743. The van der Waals surface area contributed by atoms with Gasteiger partial charge in [-0.25, -0.2) is 9.37 Å². The molecule has 2 aromatic heterocycles. The van der Waals surface area contributed by atoms with E-state index in [4.69, 9.17) is 4.74 Å². The van der Waals surface area contributed by atoms with Gasteiger partial charge in [-0.15, -0.1) is 11.3 Å². The molecule has 3 heterocycles. The van der Waals surface area contributed by atoms with Gasteiger partial charge >= 0.3 is 0 Å². The Morgan fingerprint density at radius 2 is 2.10 bits per heavy atom. The zero-order valence-electron chi connectivity index (χ0n) is 16.4. The summed E-state index contributed by atoms with van der Waals surface area (Å²) in [6.45, 7) is 0.705. The fourth-order valence-electron chi connectivity index (χ4n) is 4.34. The Balaban J connectivity index is 1.34. The van der Waals surface area contributed by atoms with Crippen molar-refractivity contribution in [3.63, 3.8) is 0 Å². The van der Waals surface area contributed by atoms with E-state index in [2.05, 4.69) is 21.5 Å². The highest BCUT2D eigenvalue weighted by atomic mass is 32.1. The minimum Gasteiger partial charge on any atom is -0.455 e. The summed E-state index contributed by atoms with van der Waals surface area (Å²) in [6.07, 6.45) is 9.02. The van der Waals surface area contributed by atoms with Crippen LogP contribution in [0.3, 0.4) is 0 Å². The van der Waals surface area contributed by atoms with Crippen molar-refractivity contribution < 1.29 is 13.9 Å². The third-order valence-corrected chi connectivity index (χ3v) is 6.83. The molecule has 156 valence electrons. The molecular weight excluding hydrogens is 417 g/mol. The Bertz CT molecular complexity index is 1160. The summed E-state index contributed by atoms with van der Waals surface area (Å²) in [5, 5.41) is 12.7. The fraction of sp³-hybridized carbons (Fsp3) is 0.273. The Kier molecular flexibility index (Phi) is 5.00. The quantitative estimate of drug-likeness (QED) is 0.613. The third-order valence-electron chi connectivity index (χ3n) is 5.80. The topological polar surface area (TPSA) is 91.1 Å². The highest BCUT2D eigenvalue weighted by Crippen LogP contribution is 2.38. The van der Waals surface area contributed by atoms with Crippen LogP contribution >= 0.6 is 11.3 Å². The van der Waals surface area contributed by atoms with Gasteiger partial charge in [-0.2, -0.15) is 5.26 Å². The van der Waals surface area contributed by atoms with E-state index >= 15 is 0 Å². The Morgan fingerprint density at radius 1 is 1.26 bits per heavy atom. The predicted molar refractivity (Wildman–Crippen MR) is 112 cm³/mol. The van der Waals surface area contributed by atoms with Crippen molar-refractivity contribution in [2.75, 3.05) is 6.54 Å². The maximum Gasteiger partial charge on any atom is 0.280 e. The van der Waals surface area contributed by atoms with Crippen molar-refractivity contribution in [2.24, 2.45) is 5.92 Å². The molecule has 31 heavy (non-hydrogen) atoms. The second-order valence-corrected chi connectivity index (χ2v) is 8.64. The molecule has 3 atom stereocenters. The summed E-state index contributed by atoms with van der Waals surface area (Å²) >= 11 is 1.26. The number of halogens is 1. The molecule has 9 heteroatoms. The predicted octanol–water partition coefficient (Wildman–Crippen LogP) is 3.81. The van der Waals surface area contributed by atoms with E-state index in [-0.39, 0.29) is 23.8 Å². The van der Waals surface area contributed by atoms with Crippen molar-refractivity contribution in [2.45, 2.75) is 24.9 Å². The number of nitriles is 1. The number of ether oxygens (including phenoxy) is 1. The molecular formula is C22H18FN5O2S. The summed E-state index contributed by atoms with van der Waals surface area (Å²) in [7, 11) is 0. The first-order valence-electron chi connectivity index (χ1n) is 9.93. The number of aromatic nitrogens is 2. The average molecular weight is 435 g/mol. The molecule has 1 saturated carbocycles. The largest absolute Gasteiger partial charge is 0.455 e. The number of hydrogen-bond acceptors (Lipinski definition) is 7. The zero-order chi connectivity index (χ0) is 21.4. The highest BCUT2D eigenvalue weighted by molar-refractivity contribution is 7.17. The molecule has 1 aliphatic carbocycles. The van der Waals surface area contributed by atoms with Crippen LogP contribution in [0.25, 0.3) is 10.4 Å². The second kappa shape index (κ2) is 7.96. The number of benzene rings is 1. The van der Waals surface area contributed by atoms with Crippen LogP contribution in [0.15, 0.2) is 48.9 Å². The van der Waals surface area contributed by atoms with Crippen molar-refractivity contribution in [1.82, 2.24) is 20.2 Å². The Morgan fingerprint density at radius 3 is 2.87 bits per heavy atom. The van der Waals surface area contributed by atoms with Crippen molar-refractivity contribution in [1.29, 1.82) is 5.26 Å². The molecule has 2 unspecified atom stereocenters. The molecule has 0 spiro atoms. The van der Waals surface area contributed by atoms with Crippen LogP contribution in [0, 0.1) is 23.2 Å². The van der Waals surface area contributed by atoms with E-state index in [9.17, 15) is 14.4 Å². The van der Waals surface area contributed by atoms with Crippen LogP contribution in [-0.2, 0) is 0 Å². The number of piperidine rings is 1. The summed E-state index contributed by atoms with van der Waals surface area (Å²) in [6, 6.07) is 7.58. The summed E-state index contributed by atoms with van der Waals surface area (Å²) in [4.78, 5) is 23.8. The van der Waals surface area contributed by atoms with Gasteiger partial charge in [0.15, 0.2) is 17.0 Å². The van der Waals surface area contributed by atoms with Gasteiger partial charge in [0.2, 0.25) is 0 Å². The first-order chi connectivity index (χ1) is 15.1. The van der Waals surface area contributed by atoms with Gasteiger partial charge < -0.3 is 15.0 Å². The molecule has 5 rings (SSSR count). The van der Waals surface area contributed by atoms with Crippen LogP contribution < -0.4 is 10.1 Å². The molecule has 2 bridgehead atoms. The molecule has 2 fully saturated rings. The molecule has 1 amide bonds. The van der Waals surface area contributed by atoms with E-state index in [0.717, 1.165) is 23.3 Å². The van der Waals surface area contributed by atoms with E-state index in [1.165, 1.54) is 35.6 Å². The molecule has 1 saturated heterocycles. The van der Waals surface area contributed by atoms with Gasteiger partial charge in [-0.1, -0.05) is 0 Å². The lowest BCUT2D eigenvalue weighted by Gasteiger charge is -2.21. The monoisotopic (exact) mass is 435 g/mol. The molecule has 0 radical (unpaired) electrons. The van der Waals surface area contributed by atoms with Gasteiger partial charge in [-0.3, -0.25) is 9.78 Å². The number of fused-ring (bicyclic) bond motifs is 2. The number of carbonyl (C=O) groups excluding carboxylic acids is 1. The number of carbonyl (C=O) groups is 1. The lowest BCUT2D eigenvalue weighted by atomic mass is 10.1. The van der Waals surface area contributed by atoms with E-state index in [0.29, 0.717) is 29.0 Å². The lowest BCUT2D eigenvalue weighted by Crippen LogP contribution is -2.42. The number of rotatable bonds is 5. The Labute approximate surface area is 182 Å². The van der Waals surface area contributed by atoms with Gasteiger partial charge in [0, 0.05) is 24.5 Å². The van der Waals surface area contributed by atoms with Gasteiger partial charge in [0.25, 0.3) is 5.91 Å². The number of amides is 1.